The van der Waals surface area contributed by atoms with Crippen LogP contribution < -0.4 is 5.32 Å². The molecule has 1 aliphatic carbocycles. The first kappa shape index (κ1) is 18.9. The lowest BCUT2D eigenvalue weighted by Gasteiger charge is -2.25. The van der Waals surface area contributed by atoms with Crippen molar-refractivity contribution in [2.45, 2.75) is 64.4 Å². The van der Waals surface area contributed by atoms with Crippen molar-refractivity contribution in [1.29, 1.82) is 0 Å². The largest absolute Gasteiger partial charge is 0.376 e. The second kappa shape index (κ2) is 9.16. The maximum Gasteiger partial charge on any atom is 0.245 e. The molecule has 7 heteroatoms. The summed E-state index contributed by atoms with van der Waals surface area (Å²) in [6.07, 6.45) is 8.42. The minimum atomic E-state index is -0.259. The Labute approximate surface area is 154 Å². The van der Waals surface area contributed by atoms with Crippen LogP contribution >= 0.6 is 0 Å². The van der Waals surface area contributed by atoms with Gasteiger partial charge in [0.25, 0.3) is 0 Å². The molecule has 0 aromatic carbocycles. The molecule has 2 amide bonds. The number of ether oxygens (including phenoxy) is 1. The summed E-state index contributed by atoms with van der Waals surface area (Å²) < 4.78 is 10.6. The number of hydrogen-bond donors (Lipinski definition) is 1. The van der Waals surface area contributed by atoms with E-state index in [-0.39, 0.29) is 24.5 Å². The molecule has 0 unspecified atom stereocenters. The molecule has 1 aromatic heterocycles. The Bertz CT molecular complexity index is 604. The Kier molecular flexibility index (Phi) is 6.66. The average Bonchev–Trinajstić information content (AvgIpc) is 3.35. The molecule has 1 atom stereocenters. The number of aryl methyl sites for hydroxylation is 1. The first-order valence-electron chi connectivity index (χ1n) is 9.72. The molecule has 1 N–H and O–H groups in total. The molecule has 1 aromatic rings. The Morgan fingerprint density at radius 2 is 2.08 bits per heavy atom. The van der Waals surface area contributed by atoms with Crippen molar-refractivity contribution in [3.63, 3.8) is 0 Å². The molecule has 2 aliphatic rings. The number of hydrogen-bond acceptors (Lipinski definition) is 5. The van der Waals surface area contributed by atoms with E-state index in [2.05, 4.69) is 10.5 Å². The van der Waals surface area contributed by atoms with Crippen LogP contribution in [0.3, 0.4) is 0 Å². The second-order valence-electron chi connectivity index (χ2n) is 7.47. The van der Waals surface area contributed by atoms with Gasteiger partial charge in [-0.15, -0.1) is 0 Å². The first-order chi connectivity index (χ1) is 12.6. The van der Waals surface area contributed by atoms with E-state index in [1.807, 2.05) is 0 Å². The van der Waals surface area contributed by atoms with Crippen LogP contribution in [0.1, 0.15) is 57.1 Å². The predicted octanol–water partition coefficient (Wildman–Crippen LogP) is 2.90. The molecular weight excluding hydrogens is 334 g/mol. The molecular formula is C19H29N3O4. The zero-order valence-electron chi connectivity index (χ0n) is 15.5. The van der Waals surface area contributed by atoms with E-state index in [9.17, 15) is 9.59 Å². The molecule has 3 rings (SSSR count). The van der Waals surface area contributed by atoms with Gasteiger partial charge in [0.05, 0.1) is 12.6 Å². The van der Waals surface area contributed by atoms with Crippen LogP contribution in [0.15, 0.2) is 10.6 Å². The highest BCUT2D eigenvalue weighted by Gasteiger charge is 2.25. The lowest BCUT2D eigenvalue weighted by molar-refractivity contribution is -0.136. The van der Waals surface area contributed by atoms with E-state index in [0.717, 1.165) is 25.9 Å². The number of anilines is 1. The molecule has 0 bridgehead atoms. The highest BCUT2D eigenvalue weighted by atomic mass is 16.5. The highest BCUT2D eigenvalue weighted by molar-refractivity contribution is 5.93. The maximum atomic E-state index is 12.7. The Balaban J connectivity index is 1.54. The topological polar surface area (TPSA) is 84.7 Å². The van der Waals surface area contributed by atoms with Gasteiger partial charge in [0.1, 0.15) is 5.76 Å². The third kappa shape index (κ3) is 5.56. The summed E-state index contributed by atoms with van der Waals surface area (Å²) in [6.45, 7) is 3.00. The fraction of sp³-hybridized carbons (Fsp3) is 0.737. The lowest BCUT2D eigenvalue weighted by atomic mass is 10.0. The summed E-state index contributed by atoms with van der Waals surface area (Å²) in [4.78, 5) is 26.7. The number of carbonyl (C=O) groups excluding carboxylic acids is 2. The van der Waals surface area contributed by atoms with Crippen molar-refractivity contribution in [3.05, 3.63) is 11.8 Å². The first-order valence-corrected chi connectivity index (χ1v) is 9.72. The molecule has 2 fully saturated rings. The smallest absolute Gasteiger partial charge is 0.245 e. The van der Waals surface area contributed by atoms with Gasteiger partial charge < -0.3 is 19.5 Å². The lowest BCUT2D eigenvalue weighted by Crippen LogP contribution is -2.42. The van der Waals surface area contributed by atoms with E-state index in [4.69, 9.17) is 9.26 Å². The van der Waals surface area contributed by atoms with Crippen molar-refractivity contribution < 1.29 is 18.8 Å². The van der Waals surface area contributed by atoms with E-state index >= 15 is 0 Å². The van der Waals surface area contributed by atoms with Crippen molar-refractivity contribution in [1.82, 2.24) is 10.1 Å². The Hall–Kier alpha value is -1.89. The second-order valence-corrected chi connectivity index (χ2v) is 7.47. The van der Waals surface area contributed by atoms with Crippen LogP contribution in [0.2, 0.25) is 0 Å². The number of rotatable bonds is 8. The van der Waals surface area contributed by atoms with E-state index in [1.165, 1.54) is 25.7 Å². The molecule has 0 radical (unpaired) electrons. The average molecular weight is 363 g/mol. The van der Waals surface area contributed by atoms with Crippen molar-refractivity contribution in [2.75, 3.05) is 25.0 Å². The number of amides is 2. The minimum absolute atomic E-state index is 0.0231. The van der Waals surface area contributed by atoms with Gasteiger partial charge >= 0.3 is 0 Å². The van der Waals surface area contributed by atoms with Crippen molar-refractivity contribution in [2.24, 2.45) is 5.92 Å². The third-order valence-corrected chi connectivity index (χ3v) is 5.27. The molecule has 7 nitrogen and oxygen atoms in total. The summed E-state index contributed by atoms with van der Waals surface area (Å²) in [6, 6.07) is 1.66. The maximum absolute atomic E-state index is 12.7. The van der Waals surface area contributed by atoms with E-state index < -0.39 is 0 Å². The summed E-state index contributed by atoms with van der Waals surface area (Å²) in [5.41, 5.74) is 0. The van der Waals surface area contributed by atoms with Crippen LogP contribution in [0.5, 0.6) is 0 Å². The molecule has 1 aliphatic heterocycles. The standard InChI is InChI=1S/C19H29N3O4/c1-14-11-17(21-26-14)20-18(23)13-22(12-16-7-4-10-25-16)19(24)9-8-15-5-2-3-6-15/h11,15-16H,2-10,12-13H2,1H3,(H,20,21,23)/t16-/m1/s1. The zero-order chi connectivity index (χ0) is 18.4. The number of nitrogens with zero attached hydrogens (tertiary/aromatic N) is 2. The minimum Gasteiger partial charge on any atom is -0.376 e. The summed E-state index contributed by atoms with van der Waals surface area (Å²) in [5.74, 6) is 1.45. The Morgan fingerprint density at radius 3 is 2.73 bits per heavy atom. The molecule has 144 valence electrons. The molecule has 2 heterocycles. The highest BCUT2D eigenvalue weighted by Crippen LogP contribution is 2.28. The van der Waals surface area contributed by atoms with Crippen LogP contribution in [0.4, 0.5) is 5.82 Å². The summed E-state index contributed by atoms with van der Waals surface area (Å²) in [7, 11) is 0. The van der Waals surface area contributed by atoms with Gasteiger partial charge in [-0.25, -0.2) is 0 Å². The van der Waals surface area contributed by atoms with Gasteiger partial charge in [-0.2, -0.15) is 0 Å². The van der Waals surface area contributed by atoms with Crippen LogP contribution in [-0.2, 0) is 14.3 Å². The third-order valence-electron chi connectivity index (χ3n) is 5.27. The molecule has 1 saturated carbocycles. The molecule has 26 heavy (non-hydrogen) atoms. The van der Waals surface area contributed by atoms with E-state index in [1.54, 1.807) is 17.9 Å². The van der Waals surface area contributed by atoms with Crippen LogP contribution in [0, 0.1) is 12.8 Å². The summed E-state index contributed by atoms with van der Waals surface area (Å²) >= 11 is 0. The predicted molar refractivity (Wildman–Crippen MR) is 96.6 cm³/mol. The summed E-state index contributed by atoms with van der Waals surface area (Å²) in [5, 5.41) is 6.46. The monoisotopic (exact) mass is 363 g/mol. The van der Waals surface area contributed by atoms with Gasteiger partial charge in [0.2, 0.25) is 11.8 Å². The zero-order valence-corrected chi connectivity index (χ0v) is 15.5. The van der Waals surface area contributed by atoms with Gasteiger partial charge in [0, 0.05) is 25.6 Å². The van der Waals surface area contributed by atoms with Gasteiger partial charge in [-0.05, 0) is 32.1 Å². The fourth-order valence-corrected chi connectivity index (χ4v) is 3.85. The van der Waals surface area contributed by atoms with Crippen LogP contribution in [-0.4, -0.2) is 47.7 Å². The van der Waals surface area contributed by atoms with Crippen molar-refractivity contribution >= 4 is 17.6 Å². The SMILES string of the molecule is Cc1cc(NC(=O)CN(C[C@H]2CCCO2)C(=O)CCC2CCCC2)no1. The molecule has 0 spiro atoms. The van der Waals surface area contributed by atoms with Gasteiger partial charge in [-0.1, -0.05) is 30.8 Å². The number of aromatic nitrogens is 1. The number of carbonyl (C=O) groups is 2. The van der Waals surface area contributed by atoms with Crippen LogP contribution in [0.25, 0.3) is 0 Å². The van der Waals surface area contributed by atoms with Gasteiger partial charge in [-0.3, -0.25) is 9.59 Å². The normalized spacial score (nSPS) is 20.4. The Morgan fingerprint density at radius 1 is 1.27 bits per heavy atom. The quantitative estimate of drug-likeness (QED) is 0.768. The molecule has 1 saturated heterocycles. The van der Waals surface area contributed by atoms with E-state index in [0.29, 0.717) is 30.5 Å². The van der Waals surface area contributed by atoms with Gasteiger partial charge in [0.15, 0.2) is 5.82 Å². The number of nitrogens with one attached hydrogen (secondary N) is 1. The van der Waals surface area contributed by atoms with Crippen molar-refractivity contribution in [3.8, 4) is 0 Å². The fourth-order valence-electron chi connectivity index (χ4n) is 3.85.